The molecule has 7 rings (SSSR count). The van der Waals surface area contributed by atoms with Gasteiger partial charge in [0.2, 0.25) is 0 Å². The van der Waals surface area contributed by atoms with Crippen LogP contribution < -0.4 is 0 Å². The zero-order valence-corrected chi connectivity index (χ0v) is 18.3. The minimum absolute atomic E-state index is 0.975. The highest BCUT2D eigenvalue weighted by Crippen LogP contribution is 2.40. The maximum absolute atomic E-state index is 5.31. The van der Waals surface area contributed by atoms with Gasteiger partial charge in [-0.2, -0.15) is 0 Å². The number of hydrogen-bond acceptors (Lipinski definition) is 3. The molecule has 0 N–H and O–H groups in total. The van der Waals surface area contributed by atoms with E-state index in [0.717, 1.165) is 49.4 Å². The molecule has 0 bridgehead atoms. The Balaban J connectivity index is 1.58. The van der Waals surface area contributed by atoms with Gasteiger partial charge < -0.3 is 0 Å². The maximum Gasteiger partial charge on any atom is 0.0801 e. The van der Waals surface area contributed by atoms with E-state index in [0.29, 0.717) is 0 Å². The summed E-state index contributed by atoms with van der Waals surface area (Å²) in [6, 6.07) is 31.9. The standard InChI is InChI=1S/C31H19N3/c1-3-9-25-23(7-1)24-8-2-4-10-26(24)31-29(25)28-19-33-17-15-27(28)30(34-31)21-13-11-20(12-14-21)22-6-5-16-32-18-22/h1-19H. The van der Waals surface area contributed by atoms with Gasteiger partial charge in [0.1, 0.15) is 0 Å². The molecule has 0 aliphatic carbocycles. The first kappa shape index (κ1) is 18.9. The van der Waals surface area contributed by atoms with Gasteiger partial charge in [0.05, 0.1) is 11.2 Å². The summed E-state index contributed by atoms with van der Waals surface area (Å²) in [6.07, 6.45) is 7.52. The zero-order chi connectivity index (χ0) is 22.5. The molecule has 0 spiro atoms. The van der Waals surface area contributed by atoms with Crippen LogP contribution in [-0.4, -0.2) is 15.0 Å². The minimum Gasteiger partial charge on any atom is -0.264 e. The van der Waals surface area contributed by atoms with Crippen LogP contribution in [0.1, 0.15) is 0 Å². The highest BCUT2D eigenvalue weighted by Gasteiger charge is 2.16. The first-order chi connectivity index (χ1) is 16.9. The second-order valence-corrected chi connectivity index (χ2v) is 8.52. The first-order valence-electron chi connectivity index (χ1n) is 11.4. The smallest absolute Gasteiger partial charge is 0.0801 e. The van der Waals surface area contributed by atoms with Crippen LogP contribution in [0.15, 0.2) is 116 Å². The normalized spacial score (nSPS) is 11.5. The third kappa shape index (κ3) is 2.81. The van der Waals surface area contributed by atoms with E-state index in [1.54, 1.807) is 6.20 Å². The molecular weight excluding hydrogens is 414 g/mol. The quantitative estimate of drug-likeness (QED) is 0.261. The number of fused-ring (bicyclic) bond motifs is 8. The third-order valence-corrected chi connectivity index (χ3v) is 6.63. The number of pyridine rings is 3. The Bertz CT molecular complexity index is 1840. The highest BCUT2D eigenvalue weighted by molar-refractivity contribution is 6.31. The summed E-state index contributed by atoms with van der Waals surface area (Å²) in [7, 11) is 0. The van der Waals surface area contributed by atoms with E-state index in [1.807, 2.05) is 24.7 Å². The monoisotopic (exact) mass is 433 g/mol. The third-order valence-electron chi connectivity index (χ3n) is 6.63. The summed E-state index contributed by atoms with van der Waals surface area (Å²) in [5.41, 5.74) is 5.32. The first-order valence-corrected chi connectivity index (χ1v) is 11.4. The molecule has 3 nitrogen and oxygen atoms in total. The Morgan fingerprint density at radius 1 is 0.412 bits per heavy atom. The van der Waals surface area contributed by atoms with Crippen molar-refractivity contribution >= 4 is 43.2 Å². The molecule has 3 heteroatoms. The number of hydrogen-bond donors (Lipinski definition) is 0. The molecule has 0 atom stereocenters. The van der Waals surface area contributed by atoms with E-state index >= 15 is 0 Å². The number of aromatic nitrogens is 3. The van der Waals surface area contributed by atoms with Crippen LogP contribution in [0.5, 0.6) is 0 Å². The molecule has 158 valence electrons. The fourth-order valence-corrected chi connectivity index (χ4v) is 5.06. The molecule has 0 radical (unpaired) electrons. The van der Waals surface area contributed by atoms with Crippen LogP contribution in [0.2, 0.25) is 0 Å². The van der Waals surface area contributed by atoms with Crippen LogP contribution in [0.25, 0.3) is 65.6 Å². The Morgan fingerprint density at radius 3 is 1.85 bits per heavy atom. The molecule has 3 heterocycles. The summed E-state index contributed by atoms with van der Waals surface area (Å²) in [6.45, 7) is 0. The van der Waals surface area contributed by atoms with E-state index in [9.17, 15) is 0 Å². The summed E-state index contributed by atoms with van der Waals surface area (Å²) < 4.78 is 0. The molecular formula is C31H19N3. The van der Waals surface area contributed by atoms with Crippen LogP contribution in [0, 0.1) is 0 Å². The van der Waals surface area contributed by atoms with Gasteiger partial charge >= 0.3 is 0 Å². The van der Waals surface area contributed by atoms with Crippen molar-refractivity contribution in [2.45, 2.75) is 0 Å². The topological polar surface area (TPSA) is 38.7 Å². The number of rotatable bonds is 2. The maximum atomic E-state index is 5.31. The van der Waals surface area contributed by atoms with Gasteiger partial charge in [-0.25, -0.2) is 4.98 Å². The van der Waals surface area contributed by atoms with Gasteiger partial charge in [-0.05, 0) is 39.4 Å². The van der Waals surface area contributed by atoms with Crippen LogP contribution in [0.3, 0.4) is 0 Å². The van der Waals surface area contributed by atoms with Crippen LogP contribution >= 0.6 is 0 Å². The molecule has 34 heavy (non-hydrogen) atoms. The molecule has 4 aromatic carbocycles. The molecule has 0 amide bonds. The Labute approximate surface area is 196 Å². The van der Waals surface area contributed by atoms with Crippen molar-refractivity contribution in [1.29, 1.82) is 0 Å². The lowest BCUT2D eigenvalue weighted by Crippen LogP contribution is -1.93. The molecule has 0 aliphatic heterocycles. The van der Waals surface area contributed by atoms with Gasteiger partial charge in [-0.3, -0.25) is 9.97 Å². The molecule has 0 fully saturated rings. The van der Waals surface area contributed by atoms with E-state index in [-0.39, 0.29) is 0 Å². The molecule has 7 aromatic rings. The predicted molar refractivity (Wildman–Crippen MR) is 141 cm³/mol. The van der Waals surface area contributed by atoms with Gasteiger partial charge in [0.15, 0.2) is 0 Å². The van der Waals surface area contributed by atoms with Crippen LogP contribution in [0.4, 0.5) is 0 Å². The van der Waals surface area contributed by atoms with Gasteiger partial charge in [0.25, 0.3) is 0 Å². The Morgan fingerprint density at radius 2 is 1.09 bits per heavy atom. The lowest BCUT2D eigenvalue weighted by molar-refractivity contribution is 1.33. The average Bonchev–Trinajstić information content (AvgIpc) is 2.93. The number of benzene rings is 4. The molecule has 0 saturated carbocycles. The molecule has 0 saturated heterocycles. The minimum atomic E-state index is 0.975. The van der Waals surface area contributed by atoms with E-state index in [2.05, 4.69) is 94.9 Å². The molecule has 3 aromatic heterocycles. The van der Waals surface area contributed by atoms with Crippen molar-refractivity contribution in [3.05, 3.63) is 116 Å². The molecule has 0 aliphatic rings. The van der Waals surface area contributed by atoms with Crippen molar-refractivity contribution in [2.75, 3.05) is 0 Å². The average molecular weight is 434 g/mol. The fraction of sp³-hybridized carbons (Fsp3) is 0. The largest absolute Gasteiger partial charge is 0.264 e. The van der Waals surface area contributed by atoms with Crippen molar-refractivity contribution in [3.8, 4) is 22.4 Å². The summed E-state index contributed by atoms with van der Waals surface area (Å²) in [5.74, 6) is 0. The Hall–Kier alpha value is -4.63. The fourth-order valence-electron chi connectivity index (χ4n) is 5.06. The second kappa shape index (κ2) is 7.46. The summed E-state index contributed by atoms with van der Waals surface area (Å²) in [5, 5.41) is 8.23. The summed E-state index contributed by atoms with van der Waals surface area (Å²) in [4.78, 5) is 14.1. The predicted octanol–water partition coefficient (Wildman–Crippen LogP) is 7.82. The summed E-state index contributed by atoms with van der Waals surface area (Å²) >= 11 is 0. The van der Waals surface area contributed by atoms with Gasteiger partial charge in [0, 0.05) is 51.9 Å². The van der Waals surface area contributed by atoms with Crippen molar-refractivity contribution in [2.24, 2.45) is 0 Å². The zero-order valence-electron chi connectivity index (χ0n) is 18.3. The van der Waals surface area contributed by atoms with Crippen molar-refractivity contribution < 1.29 is 0 Å². The van der Waals surface area contributed by atoms with E-state index < -0.39 is 0 Å². The lowest BCUT2D eigenvalue weighted by atomic mass is 9.93. The van der Waals surface area contributed by atoms with Gasteiger partial charge in [-0.1, -0.05) is 78.9 Å². The Kier molecular flexibility index (Phi) is 4.15. The van der Waals surface area contributed by atoms with E-state index in [1.165, 1.54) is 16.2 Å². The highest BCUT2D eigenvalue weighted by atomic mass is 14.7. The van der Waals surface area contributed by atoms with Crippen molar-refractivity contribution in [1.82, 2.24) is 15.0 Å². The SMILES string of the molecule is c1cncc(-c2ccc(-c3nc4c5ccccc5c5ccccc5c4c4cnccc34)cc2)c1. The van der Waals surface area contributed by atoms with Crippen molar-refractivity contribution in [3.63, 3.8) is 0 Å². The van der Waals surface area contributed by atoms with E-state index in [4.69, 9.17) is 4.98 Å². The van der Waals surface area contributed by atoms with Gasteiger partial charge in [-0.15, -0.1) is 0 Å². The number of nitrogens with zero attached hydrogens (tertiary/aromatic N) is 3. The van der Waals surface area contributed by atoms with Crippen LogP contribution in [-0.2, 0) is 0 Å². The molecule has 0 unspecified atom stereocenters. The second-order valence-electron chi connectivity index (χ2n) is 8.52. The lowest BCUT2D eigenvalue weighted by Gasteiger charge is -2.15.